The molecule has 1 aromatic heterocycles. The molecule has 0 saturated carbocycles. The van der Waals surface area contributed by atoms with Crippen LogP contribution >= 0.6 is 0 Å². The Morgan fingerprint density at radius 1 is 1.14 bits per heavy atom. The number of aliphatic hydroxyl groups is 1. The third-order valence-corrected chi connectivity index (χ3v) is 3.20. The summed E-state index contributed by atoms with van der Waals surface area (Å²) in [5, 5.41) is 9.51. The van der Waals surface area contributed by atoms with Gasteiger partial charge in [0, 0.05) is 18.3 Å². The van der Waals surface area contributed by atoms with Crippen molar-refractivity contribution in [3.05, 3.63) is 53.3 Å². The van der Waals surface area contributed by atoms with Crippen LogP contribution in [0.25, 0.3) is 11.1 Å². The summed E-state index contributed by atoms with van der Waals surface area (Å²) in [6.07, 6.45) is -3.27. The van der Waals surface area contributed by atoms with E-state index in [1.54, 1.807) is 6.07 Å². The van der Waals surface area contributed by atoms with Gasteiger partial charge in [0.05, 0.1) is 6.61 Å². The lowest BCUT2D eigenvalue weighted by atomic mass is 9.98. The van der Waals surface area contributed by atoms with Crippen molar-refractivity contribution >= 4 is 0 Å². The third kappa shape index (κ3) is 3.84. The van der Waals surface area contributed by atoms with E-state index in [0.717, 1.165) is 18.2 Å². The van der Waals surface area contributed by atoms with E-state index in [9.17, 15) is 18.3 Å². The maximum Gasteiger partial charge on any atom is 0.433 e. The maximum absolute atomic E-state index is 12.5. The Morgan fingerprint density at radius 2 is 1.86 bits per heavy atom. The summed E-state index contributed by atoms with van der Waals surface area (Å²) in [7, 11) is 3.87. The zero-order valence-electron chi connectivity index (χ0n) is 12.4. The predicted molar refractivity (Wildman–Crippen MR) is 78.0 cm³/mol. The average molecular weight is 310 g/mol. The lowest BCUT2D eigenvalue weighted by Crippen LogP contribution is -2.11. The molecule has 0 radical (unpaired) electrons. The summed E-state index contributed by atoms with van der Waals surface area (Å²) >= 11 is 0. The zero-order valence-corrected chi connectivity index (χ0v) is 12.4. The highest BCUT2D eigenvalue weighted by atomic mass is 19.4. The van der Waals surface area contributed by atoms with Crippen LogP contribution < -0.4 is 0 Å². The van der Waals surface area contributed by atoms with Gasteiger partial charge in [0.1, 0.15) is 5.69 Å². The fraction of sp³-hybridized carbons (Fsp3) is 0.312. The van der Waals surface area contributed by atoms with E-state index in [1.165, 1.54) is 12.3 Å². The Morgan fingerprint density at radius 3 is 2.36 bits per heavy atom. The van der Waals surface area contributed by atoms with E-state index in [-0.39, 0.29) is 6.61 Å². The second kappa shape index (κ2) is 6.46. The van der Waals surface area contributed by atoms with Crippen LogP contribution in [-0.4, -0.2) is 29.1 Å². The van der Waals surface area contributed by atoms with Crippen LogP contribution in [0, 0.1) is 0 Å². The van der Waals surface area contributed by atoms with Gasteiger partial charge in [0.25, 0.3) is 0 Å². The molecule has 0 unspecified atom stereocenters. The minimum absolute atomic E-state index is 0.183. The van der Waals surface area contributed by atoms with Crippen molar-refractivity contribution < 1.29 is 18.3 Å². The van der Waals surface area contributed by atoms with Crippen LogP contribution in [0.2, 0.25) is 0 Å². The smallest absolute Gasteiger partial charge is 0.392 e. The Kier molecular flexibility index (Phi) is 4.83. The van der Waals surface area contributed by atoms with E-state index in [0.29, 0.717) is 16.7 Å². The van der Waals surface area contributed by atoms with Crippen LogP contribution in [0.1, 0.15) is 16.8 Å². The highest BCUT2D eigenvalue weighted by Gasteiger charge is 2.32. The number of benzene rings is 1. The monoisotopic (exact) mass is 310 g/mol. The number of aromatic nitrogens is 1. The Bertz CT molecular complexity index is 637. The van der Waals surface area contributed by atoms with Gasteiger partial charge in [-0.15, -0.1) is 0 Å². The molecule has 0 amide bonds. The number of hydrogen-bond donors (Lipinski definition) is 1. The first-order chi connectivity index (χ1) is 10.3. The molecule has 0 fully saturated rings. The number of halogens is 3. The highest BCUT2D eigenvalue weighted by Crippen LogP contribution is 2.30. The molecule has 118 valence electrons. The molecule has 0 bridgehead atoms. The maximum atomic E-state index is 12.5. The first-order valence-electron chi connectivity index (χ1n) is 6.72. The van der Waals surface area contributed by atoms with Crippen molar-refractivity contribution in [3.63, 3.8) is 0 Å². The van der Waals surface area contributed by atoms with Crippen LogP contribution in [0.5, 0.6) is 0 Å². The Balaban J connectivity index is 2.35. The lowest BCUT2D eigenvalue weighted by molar-refractivity contribution is -0.141. The van der Waals surface area contributed by atoms with Crippen molar-refractivity contribution in [3.8, 4) is 11.1 Å². The zero-order chi connectivity index (χ0) is 16.3. The molecule has 2 aromatic rings. The fourth-order valence-electron chi connectivity index (χ4n) is 2.24. The summed E-state index contributed by atoms with van der Waals surface area (Å²) in [4.78, 5) is 5.45. The van der Waals surface area contributed by atoms with Crippen molar-refractivity contribution in [2.45, 2.75) is 19.3 Å². The summed E-state index contributed by atoms with van der Waals surface area (Å²) in [5.74, 6) is 0. The minimum Gasteiger partial charge on any atom is -0.392 e. The summed E-state index contributed by atoms with van der Waals surface area (Å²) in [5.41, 5.74) is 2.00. The molecule has 0 aliphatic rings. The summed E-state index contributed by atoms with van der Waals surface area (Å²) in [6, 6.07) is 7.87. The minimum atomic E-state index is -4.45. The van der Waals surface area contributed by atoms with Crippen molar-refractivity contribution in [2.75, 3.05) is 14.1 Å². The molecule has 0 aliphatic heterocycles. The molecule has 0 aliphatic carbocycles. The largest absolute Gasteiger partial charge is 0.433 e. The van der Waals surface area contributed by atoms with Gasteiger partial charge in [0.15, 0.2) is 0 Å². The van der Waals surface area contributed by atoms with Gasteiger partial charge >= 0.3 is 6.18 Å². The van der Waals surface area contributed by atoms with Gasteiger partial charge in [-0.05, 0) is 36.9 Å². The first kappa shape index (κ1) is 16.5. The van der Waals surface area contributed by atoms with Crippen molar-refractivity contribution in [2.24, 2.45) is 0 Å². The fourth-order valence-corrected chi connectivity index (χ4v) is 2.24. The van der Waals surface area contributed by atoms with E-state index < -0.39 is 11.9 Å². The van der Waals surface area contributed by atoms with E-state index in [1.807, 2.05) is 31.1 Å². The van der Waals surface area contributed by atoms with Gasteiger partial charge in [-0.1, -0.05) is 24.3 Å². The molecular weight excluding hydrogens is 293 g/mol. The summed E-state index contributed by atoms with van der Waals surface area (Å²) < 4.78 is 37.6. The second-order valence-corrected chi connectivity index (χ2v) is 5.32. The van der Waals surface area contributed by atoms with Gasteiger partial charge in [0.2, 0.25) is 0 Å². The Labute approximate surface area is 127 Å². The van der Waals surface area contributed by atoms with Crippen LogP contribution in [0.3, 0.4) is 0 Å². The molecule has 2 rings (SSSR count). The van der Waals surface area contributed by atoms with Crippen molar-refractivity contribution in [1.82, 2.24) is 9.88 Å². The number of pyridine rings is 1. The Hall–Kier alpha value is -1.92. The SMILES string of the molecule is CN(C)Cc1ccc(-c2ccc(C(F)(F)F)nc2)c(CO)c1. The first-order valence-corrected chi connectivity index (χ1v) is 6.72. The van der Waals surface area contributed by atoms with Crippen LogP contribution in [-0.2, 0) is 19.3 Å². The van der Waals surface area contributed by atoms with Gasteiger partial charge in [-0.3, -0.25) is 4.98 Å². The molecule has 3 nitrogen and oxygen atoms in total. The van der Waals surface area contributed by atoms with Crippen LogP contribution in [0.15, 0.2) is 36.5 Å². The molecule has 1 heterocycles. The highest BCUT2D eigenvalue weighted by molar-refractivity contribution is 5.67. The van der Waals surface area contributed by atoms with Crippen LogP contribution in [0.4, 0.5) is 13.2 Å². The number of rotatable bonds is 4. The van der Waals surface area contributed by atoms with E-state index >= 15 is 0 Å². The van der Waals surface area contributed by atoms with E-state index in [2.05, 4.69) is 4.98 Å². The second-order valence-electron chi connectivity index (χ2n) is 5.32. The predicted octanol–water partition coefficient (Wildman–Crippen LogP) is 3.32. The molecule has 22 heavy (non-hydrogen) atoms. The van der Waals surface area contributed by atoms with Gasteiger partial charge in [-0.25, -0.2) is 0 Å². The molecule has 0 saturated heterocycles. The number of nitrogens with zero attached hydrogens (tertiary/aromatic N) is 2. The normalized spacial score (nSPS) is 12.0. The molecule has 1 aromatic carbocycles. The average Bonchev–Trinajstić information content (AvgIpc) is 2.45. The lowest BCUT2D eigenvalue weighted by Gasteiger charge is -2.14. The van der Waals surface area contributed by atoms with Gasteiger partial charge < -0.3 is 10.0 Å². The molecule has 0 spiro atoms. The topological polar surface area (TPSA) is 36.4 Å². The molecule has 6 heteroatoms. The van der Waals surface area contributed by atoms with Gasteiger partial charge in [-0.2, -0.15) is 13.2 Å². The third-order valence-electron chi connectivity index (χ3n) is 3.20. The quantitative estimate of drug-likeness (QED) is 0.941. The molecule has 0 atom stereocenters. The number of aliphatic hydroxyl groups excluding tert-OH is 1. The standard InChI is InChI=1S/C16H17F3N2O/c1-21(2)9-11-3-5-14(13(7-11)10-22)12-4-6-15(20-8-12)16(17,18)19/h3-8,22H,9-10H2,1-2H3. The number of hydrogen-bond acceptors (Lipinski definition) is 3. The summed E-state index contributed by atoms with van der Waals surface area (Å²) in [6.45, 7) is 0.538. The number of alkyl halides is 3. The van der Waals surface area contributed by atoms with E-state index in [4.69, 9.17) is 0 Å². The molecule has 1 N–H and O–H groups in total. The van der Waals surface area contributed by atoms with Crippen molar-refractivity contribution in [1.29, 1.82) is 0 Å². The molecular formula is C16H17F3N2O.